The van der Waals surface area contributed by atoms with Crippen LogP contribution < -0.4 is 10.0 Å². The van der Waals surface area contributed by atoms with Crippen LogP contribution in [0.1, 0.15) is 0 Å². The van der Waals surface area contributed by atoms with Crippen molar-refractivity contribution in [2.45, 2.75) is 4.90 Å². The molecule has 2 aromatic carbocycles. The molecule has 0 aromatic heterocycles. The molecule has 0 saturated carbocycles. The monoisotopic (exact) mass is 345 g/mol. The Bertz CT molecular complexity index is 848. The van der Waals surface area contributed by atoms with E-state index in [-0.39, 0.29) is 11.4 Å². The lowest BCUT2D eigenvalue weighted by molar-refractivity contribution is -0.125. The van der Waals surface area contributed by atoms with Crippen molar-refractivity contribution < 1.29 is 18.0 Å². The van der Waals surface area contributed by atoms with Crippen molar-refractivity contribution in [2.75, 3.05) is 13.2 Å². The summed E-state index contributed by atoms with van der Waals surface area (Å²) in [6, 6.07) is 15.3. The molecule has 2 N–H and O–H groups in total. The van der Waals surface area contributed by atoms with Crippen LogP contribution in [0.4, 0.5) is 4.79 Å². The Morgan fingerprint density at radius 2 is 1.58 bits per heavy atom. The zero-order valence-corrected chi connectivity index (χ0v) is 13.4. The third kappa shape index (κ3) is 3.29. The summed E-state index contributed by atoms with van der Waals surface area (Å²) in [4.78, 5) is 23.7. The summed E-state index contributed by atoms with van der Waals surface area (Å²) in [7, 11) is -3.82. The summed E-state index contributed by atoms with van der Waals surface area (Å²) in [6.45, 7) is -0.514. The first-order valence-corrected chi connectivity index (χ1v) is 8.69. The molecule has 0 aliphatic carbocycles. The van der Waals surface area contributed by atoms with Crippen molar-refractivity contribution in [1.29, 1.82) is 0 Å². The lowest BCUT2D eigenvalue weighted by atomic mass is 10.1. The van der Waals surface area contributed by atoms with Gasteiger partial charge in [0.05, 0.1) is 18.1 Å². The highest BCUT2D eigenvalue weighted by molar-refractivity contribution is 7.89. The first-order chi connectivity index (χ1) is 11.5. The van der Waals surface area contributed by atoms with Gasteiger partial charge in [-0.15, -0.1) is 0 Å². The number of nitrogens with one attached hydrogen (secondary N) is 2. The summed E-state index contributed by atoms with van der Waals surface area (Å²) in [6.07, 6.45) is 0. The minimum absolute atomic E-state index is 0.0641. The first kappa shape index (κ1) is 16.2. The fraction of sp³-hybridized carbons (Fsp3) is 0.125. The molecule has 0 bridgehead atoms. The third-order valence-electron chi connectivity index (χ3n) is 3.62. The number of hydrogen-bond donors (Lipinski definition) is 2. The van der Waals surface area contributed by atoms with Gasteiger partial charge >= 0.3 is 6.03 Å². The predicted molar refractivity (Wildman–Crippen MR) is 87.3 cm³/mol. The maximum atomic E-state index is 12.3. The van der Waals surface area contributed by atoms with Crippen molar-refractivity contribution in [1.82, 2.24) is 14.9 Å². The quantitative estimate of drug-likeness (QED) is 0.795. The fourth-order valence-corrected chi connectivity index (χ4v) is 3.27. The van der Waals surface area contributed by atoms with Crippen molar-refractivity contribution >= 4 is 22.0 Å². The highest BCUT2D eigenvalue weighted by atomic mass is 32.2. The summed E-state index contributed by atoms with van der Waals surface area (Å²) in [5.41, 5.74) is 1.87. The first-order valence-electron chi connectivity index (χ1n) is 7.21. The van der Waals surface area contributed by atoms with Gasteiger partial charge < -0.3 is 5.32 Å². The smallest absolute Gasteiger partial charge is 0.325 e. The zero-order chi connectivity index (χ0) is 17.2. The lowest BCUT2D eigenvalue weighted by Gasteiger charge is -2.13. The van der Waals surface area contributed by atoms with Gasteiger partial charge in [0, 0.05) is 0 Å². The van der Waals surface area contributed by atoms with Crippen molar-refractivity contribution in [3.63, 3.8) is 0 Å². The summed E-state index contributed by atoms with van der Waals surface area (Å²) in [5, 5.41) is 2.32. The number of sulfonamides is 1. The third-order valence-corrected chi connectivity index (χ3v) is 5.02. The van der Waals surface area contributed by atoms with Gasteiger partial charge in [0.2, 0.25) is 10.0 Å². The summed E-state index contributed by atoms with van der Waals surface area (Å²) < 4.78 is 26.8. The predicted octanol–water partition coefficient (Wildman–Crippen LogP) is 1.14. The number of carbonyl (C=O) groups is 2. The summed E-state index contributed by atoms with van der Waals surface area (Å²) >= 11 is 0. The Hall–Kier alpha value is -2.71. The van der Waals surface area contributed by atoms with E-state index in [1.165, 1.54) is 12.1 Å². The average Bonchev–Trinajstić information content (AvgIpc) is 2.92. The fourth-order valence-electron chi connectivity index (χ4n) is 2.31. The van der Waals surface area contributed by atoms with Crippen LogP contribution in [-0.2, 0) is 14.8 Å². The molecule has 1 saturated heterocycles. The second-order valence-corrected chi connectivity index (χ2v) is 6.94. The number of benzene rings is 2. The Labute approximate surface area is 139 Å². The normalized spacial score (nSPS) is 14.8. The molecule has 1 aliphatic rings. The number of rotatable bonds is 5. The molecule has 7 nitrogen and oxygen atoms in total. The van der Waals surface area contributed by atoms with Crippen LogP contribution in [0.2, 0.25) is 0 Å². The zero-order valence-electron chi connectivity index (χ0n) is 12.6. The molecule has 0 radical (unpaired) electrons. The molecule has 1 aliphatic heterocycles. The maximum absolute atomic E-state index is 12.3. The molecule has 1 heterocycles. The number of carbonyl (C=O) groups excluding carboxylic acids is 2. The maximum Gasteiger partial charge on any atom is 0.325 e. The summed E-state index contributed by atoms with van der Waals surface area (Å²) in [5.74, 6) is -0.470. The van der Waals surface area contributed by atoms with Gasteiger partial charge in [-0.1, -0.05) is 42.5 Å². The van der Waals surface area contributed by atoms with E-state index in [9.17, 15) is 18.0 Å². The number of imide groups is 1. The lowest BCUT2D eigenvalue weighted by Crippen LogP contribution is -2.41. The topological polar surface area (TPSA) is 95.6 Å². The molecule has 3 amide bonds. The van der Waals surface area contributed by atoms with Gasteiger partial charge in [-0.05, 0) is 23.3 Å². The molecule has 0 atom stereocenters. The Morgan fingerprint density at radius 1 is 0.958 bits per heavy atom. The number of amides is 3. The van der Waals surface area contributed by atoms with E-state index in [0.717, 1.165) is 16.0 Å². The Kier molecular flexibility index (Phi) is 4.32. The molecule has 2 aromatic rings. The number of urea groups is 1. The molecular weight excluding hydrogens is 330 g/mol. The average molecular weight is 345 g/mol. The molecule has 1 fully saturated rings. The number of nitrogens with zero attached hydrogens (tertiary/aromatic N) is 1. The van der Waals surface area contributed by atoms with Crippen LogP contribution in [-0.4, -0.2) is 38.5 Å². The van der Waals surface area contributed by atoms with Crippen LogP contribution in [0, 0.1) is 0 Å². The van der Waals surface area contributed by atoms with E-state index in [2.05, 4.69) is 10.0 Å². The molecular formula is C16H15N3O4S. The van der Waals surface area contributed by atoms with Crippen LogP contribution >= 0.6 is 0 Å². The van der Waals surface area contributed by atoms with Crippen LogP contribution in [0.3, 0.4) is 0 Å². The van der Waals surface area contributed by atoms with E-state index in [1.807, 2.05) is 30.3 Å². The van der Waals surface area contributed by atoms with E-state index in [1.54, 1.807) is 12.1 Å². The van der Waals surface area contributed by atoms with Crippen LogP contribution in [0.25, 0.3) is 11.1 Å². The van der Waals surface area contributed by atoms with Gasteiger partial charge in [0.15, 0.2) is 0 Å². The van der Waals surface area contributed by atoms with E-state index >= 15 is 0 Å². The molecule has 24 heavy (non-hydrogen) atoms. The highest BCUT2D eigenvalue weighted by Gasteiger charge is 2.29. The largest absolute Gasteiger partial charge is 0.328 e. The van der Waals surface area contributed by atoms with E-state index in [4.69, 9.17) is 0 Å². The highest BCUT2D eigenvalue weighted by Crippen LogP contribution is 2.20. The van der Waals surface area contributed by atoms with Gasteiger partial charge in [-0.2, -0.15) is 4.72 Å². The van der Waals surface area contributed by atoms with Crippen molar-refractivity contribution in [3.8, 4) is 11.1 Å². The van der Waals surface area contributed by atoms with E-state index < -0.39 is 28.6 Å². The van der Waals surface area contributed by atoms with Crippen LogP contribution in [0.15, 0.2) is 59.5 Å². The van der Waals surface area contributed by atoms with Gasteiger partial charge in [0.1, 0.15) is 0 Å². The minimum atomic E-state index is -3.82. The van der Waals surface area contributed by atoms with E-state index in [0.29, 0.717) is 0 Å². The van der Waals surface area contributed by atoms with Gasteiger partial charge in [-0.3, -0.25) is 4.79 Å². The van der Waals surface area contributed by atoms with Crippen LogP contribution in [0.5, 0.6) is 0 Å². The van der Waals surface area contributed by atoms with Crippen molar-refractivity contribution in [3.05, 3.63) is 54.6 Å². The molecule has 0 unspecified atom stereocenters. The Morgan fingerprint density at radius 3 is 2.17 bits per heavy atom. The molecule has 3 rings (SSSR count). The second-order valence-electron chi connectivity index (χ2n) is 5.18. The Balaban J connectivity index is 1.73. The molecule has 124 valence electrons. The van der Waals surface area contributed by atoms with Gasteiger partial charge in [-0.25, -0.2) is 18.1 Å². The van der Waals surface area contributed by atoms with Gasteiger partial charge in [0.25, 0.3) is 5.91 Å². The minimum Gasteiger partial charge on any atom is -0.328 e. The number of hydrogen-bond acceptors (Lipinski definition) is 4. The SMILES string of the molecule is O=C1CNC(=O)N1CNS(=O)(=O)c1ccc(-c2ccccc2)cc1. The standard InChI is InChI=1S/C16H15N3O4S/c20-15-10-17-16(21)19(15)11-18-24(22,23)14-8-6-13(7-9-14)12-4-2-1-3-5-12/h1-9,18H,10-11H2,(H,17,21). The molecule has 8 heteroatoms. The second kappa shape index (κ2) is 6.42. The van der Waals surface area contributed by atoms with Crippen molar-refractivity contribution in [2.24, 2.45) is 0 Å². The molecule has 0 spiro atoms.